The summed E-state index contributed by atoms with van der Waals surface area (Å²) in [6, 6.07) is 66.4. The first kappa shape index (κ1) is 31.9. The highest BCUT2D eigenvalue weighted by Crippen LogP contribution is 2.49. The van der Waals surface area contributed by atoms with Gasteiger partial charge < -0.3 is 13.9 Å². The van der Waals surface area contributed by atoms with Crippen LogP contribution in [0.3, 0.4) is 0 Å². The molecule has 0 bridgehead atoms. The van der Waals surface area contributed by atoms with Crippen LogP contribution in [0.5, 0.6) is 5.75 Å². The summed E-state index contributed by atoms with van der Waals surface area (Å²) in [5.41, 5.74) is 15.3. The Morgan fingerprint density at radius 3 is 1.84 bits per heavy atom. The van der Waals surface area contributed by atoms with Gasteiger partial charge >= 0.3 is 0 Å². The van der Waals surface area contributed by atoms with E-state index < -0.39 is 0 Å². The second-order valence-corrected chi connectivity index (χ2v) is 15.2. The van der Waals surface area contributed by atoms with Crippen LogP contribution in [0.25, 0.3) is 88.4 Å². The molecule has 268 valence electrons. The molecule has 3 nitrogen and oxygen atoms in total. The molecule has 0 N–H and O–H groups in total. The molecule has 2 unspecified atom stereocenters. The standard InChI is InChI=1S/C54H36N2O/c1-4-15-35(16-5-1)39-33-44(36-17-6-2-7-18-36)53-46-32-38(37-27-29-48-45(31-37)41-21-10-12-24-47(41)55(48)40-19-8-3-9-20-40)28-30-49(46)56(51(53)34-39)50-25-14-23-43-42-22-11-13-26-52(42)57-54(43)50/h1-34,42,52H. The van der Waals surface area contributed by atoms with Crippen molar-refractivity contribution >= 4 is 43.6 Å². The number of para-hydroxylation sites is 3. The first-order valence-corrected chi connectivity index (χ1v) is 19.8. The fourth-order valence-corrected chi connectivity index (χ4v) is 9.46. The summed E-state index contributed by atoms with van der Waals surface area (Å²) in [5, 5.41) is 4.93. The Balaban J connectivity index is 1.14. The monoisotopic (exact) mass is 728 g/mol. The van der Waals surface area contributed by atoms with Crippen molar-refractivity contribution in [3.8, 4) is 50.5 Å². The smallest absolute Gasteiger partial charge is 0.148 e. The Labute approximate surface area is 330 Å². The molecule has 2 aromatic heterocycles. The lowest BCUT2D eigenvalue weighted by Crippen LogP contribution is -2.15. The zero-order valence-electron chi connectivity index (χ0n) is 31.1. The molecule has 3 heteroatoms. The van der Waals surface area contributed by atoms with Crippen molar-refractivity contribution in [1.29, 1.82) is 0 Å². The maximum Gasteiger partial charge on any atom is 0.148 e. The van der Waals surface area contributed by atoms with Gasteiger partial charge in [-0.2, -0.15) is 0 Å². The van der Waals surface area contributed by atoms with E-state index in [1.54, 1.807) is 0 Å². The molecule has 10 aromatic rings. The van der Waals surface area contributed by atoms with Crippen molar-refractivity contribution < 1.29 is 4.74 Å². The van der Waals surface area contributed by atoms with E-state index in [1.165, 1.54) is 71.5 Å². The quantitative estimate of drug-likeness (QED) is 0.173. The molecular weight excluding hydrogens is 693 g/mol. The average Bonchev–Trinajstić information content (AvgIpc) is 3.94. The summed E-state index contributed by atoms with van der Waals surface area (Å²) in [6.07, 6.45) is 8.69. The minimum absolute atomic E-state index is 0.00615. The zero-order chi connectivity index (χ0) is 37.5. The van der Waals surface area contributed by atoms with Gasteiger partial charge in [0.1, 0.15) is 11.9 Å². The van der Waals surface area contributed by atoms with Gasteiger partial charge in [-0.3, -0.25) is 0 Å². The van der Waals surface area contributed by atoms with Crippen LogP contribution in [0.2, 0.25) is 0 Å². The minimum Gasteiger partial charge on any atom is -0.483 e. The van der Waals surface area contributed by atoms with Crippen LogP contribution >= 0.6 is 0 Å². The van der Waals surface area contributed by atoms with Gasteiger partial charge in [-0.1, -0.05) is 140 Å². The SMILES string of the molecule is C1=CC2Oc3c(cccc3-n3c4ccc(-c5ccc6c(c5)c5ccccc5n6-c5ccccc5)cc4c4c(-c5ccccc5)cc(-c5ccccc5)cc43)C2C=C1. The van der Waals surface area contributed by atoms with Gasteiger partial charge in [0.05, 0.1) is 27.8 Å². The summed E-state index contributed by atoms with van der Waals surface area (Å²) < 4.78 is 11.7. The van der Waals surface area contributed by atoms with Gasteiger partial charge in [0.15, 0.2) is 0 Å². The Kier molecular flexibility index (Phi) is 7.05. The summed E-state index contributed by atoms with van der Waals surface area (Å²) in [6.45, 7) is 0. The molecule has 0 fully saturated rings. The van der Waals surface area contributed by atoms with Crippen molar-refractivity contribution in [3.05, 3.63) is 212 Å². The van der Waals surface area contributed by atoms with Crippen molar-refractivity contribution in [3.63, 3.8) is 0 Å². The Morgan fingerprint density at radius 1 is 0.404 bits per heavy atom. The molecular formula is C54H36N2O. The van der Waals surface area contributed by atoms with Crippen LogP contribution in [-0.2, 0) is 0 Å². The fraction of sp³-hybridized carbons (Fsp3) is 0.0370. The highest BCUT2D eigenvalue weighted by Gasteiger charge is 2.34. The molecule has 2 aliphatic rings. The number of benzene rings is 8. The first-order valence-electron chi connectivity index (χ1n) is 19.8. The number of nitrogens with zero attached hydrogens (tertiary/aromatic N) is 2. The molecule has 0 saturated heterocycles. The molecule has 2 atom stereocenters. The Bertz CT molecular complexity index is 3260. The van der Waals surface area contributed by atoms with Gasteiger partial charge in [0.2, 0.25) is 0 Å². The van der Waals surface area contributed by atoms with Crippen LogP contribution in [0.15, 0.2) is 206 Å². The average molecular weight is 729 g/mol. The Hall–Kier alpha value is -7.36. The van der Waals surface area contributed by atoms with Crippen LogP contribution < -0.4 is 4.74 Å². The highest BCUT2D eigenvalue weighted by atomic mass is 16.5. The number of fused-ring (bicyclic) bond motifs is 9. The predicted molar refractivity (Wildman–Crippen MR) is 237 cm³/mol. The van der Waals surface area contributed by atoms with Crippen LogP contribution in [-0.4, -0.2) is 15.2 Å². The molecule has 0 amide bonds. The molecule has 12 rings (SSSR count). The van der Waals surface area contributed by atoms with Crippen molar-refractivity contribution in [2.75, 3.05) is 0 Å². The first-order chi connectivity index (χ1) is 28.3. The summed E-state index contributed by atoms with van der Waals surface area (Å²) >= 11 is 0. The van der Waals surface area contributed by atoms with E-state index in [0.717, 1.165) is 28.2 Å². The van der Waals surface area contributed by atoms with Crippen molar-refractivity contribution in [2.45, 2.75) is 12.0 Å². The van der Waals surface area contributed by atoms with E-state index in [4.69, 9.17) is 4.74 Å². The number of allylic oxidation sites excluding steroid dienone is 2. The van der Waals surface area contributed by atoms with E-state index in [-0.39, 0.29) is 12.0 Å². The highest BCUT2D eigenvalue weighted by molar-refractivity contribution is 6.18. The van der Waals surface area contributed by atoms with E-state index in [9.17, 15) is 0 Å². The minimum atomic E-state index is -0.00615. The lowest BCUT2D eigenvalue weighted by Gasteiger charge is -2.15. The van der Waals surface area contributed by atoms with Crippen molar-refractivity contribution in [2.24, 2.45) is 0 Å². The topological polar surface area (TPSA) is 19.1 Å². The summed E-state index contributed by atoms with van der Waals surface area (Å²) in [5.74, 6) is 1.16. The van der Waals surface area contributed by atoms with Crippen molar-refractivity contribution in [1.82, 2.24) is 9.13 Å². The summed E-state index contributed by atoms with van der Waals surface area (Å²) in [7, 11) is 0. The van der Waals surface area contributed by atoms with Crippen LogP contribution in [0.1, 0.15) is 11.5 Å². The summed E-state index contributed by atoms with van der Waals surface area (Å²) in [4.78, 5) is 0. The van der Waals surface area contributed by atoms with Gasteiger partial charge in [-0.25, -0.2) is 0 Å². The molecule has 1 aliphatic carbocycles. The maximum atomic E-state index is 6.84. The van der Waals surface area contributed by atoms with Gasteiger partial charge in [-0.05, 0) is 100 Å². The van der Waals surface area contributed by atoms with E-state index in [0.29, 0.717) is 0 Å². The number of hydrogen-bond acceptors (Lipinski definition) is 1. The lowest BCUT2D eigenvalue weighted by molar-refractivity contribution is 0.268. The molecule has 0 saturated carbocycles. The van der Waals surface area contributed by atoms with E-state index in [1.807, 2.05) is 0 Å². The maximum absolute atomic E-state index is 6.84. The lowest BCUT2D eigenvalue weighted by atomic mass is 9.92. The largest absolute Gasteiger partial charge is 0.483 e. The third kappa shape index (κ3) is 4.92. The number of rotatable bonds is 5. The van der Waals surface area contributed by atoms with E-state index >= 15 is 0 Å². The third-order valence-corrected chi connectivity index (χ3v) is 12.0. The normalized spacial score (nSPS) is 15.7. The molecule has 57 heavy (non-hydrogen) atoms. The van der Waals surface area contributed by atoms with Gasteiger partial charge in [0.25, 0.3) is 0 Å². The van der Waals surface area contributed by atoms with Gasteiger partial charge in [-0.15, -0.1) is 0 Å². The third-order valence-electron chi connectivity index (χ3n) is 12.0. The molecule has 8 aromatic carbocycles. The number of aromatic nitrogens is 2. The molecule has 0 radical (unpaired) electrons. The zero-order valence-corrected chi connectivity index (χ0v) is 31.1. The Morgan fingerprint density at radius 2 is 1.05 bits per heavy atom. The fourth-order valence-electron chi connectivity index (χ4n) is 9.46. The second kappa shape index (κ2) is 12.6. The van der Waals surface area contributed by atoms with E-state index in [2.05, 4.69) is 215 Å². The second-order valence-electron chi connectivity index (χ2n) is 15.2. The molecule has 3 heterocycles. The molecule has 1 aliphatic heterocycles. The van der Waals surface area contributed by atoms with Crippen LogP contribution in [0, 0.1) is 0 Å². The number of ether oxygens (including phenoxy) is 1. The molecule has 0 spiro atoms. The van der Waals surface area contributed by atoms with Gasteiger partial charge in [0, 0.05) is 38.7 Å². The number of hydrogen-bond donors (Lipinski definition) is 0. The van der Waals surface area contributed by atoms with Crippen LogP contribution in [0.4, 0.5) is 0 Å². The predicted octanol–water partition coefficient (Wildman–Crippen LogP) is 13.9.